The standard InChI is InChI=1S/C29H27N3O6S/c1-4-36-19-8-9-20-23(16-19)39-29(31-20)32-25(18-7-10-21(37-5-2)22(15-18)38-6-3)24(27(34)28(32)35)26(33)17-11-13-30-14-12-17/h7-16,25,33H,4-6H2,1-3H3. The lowest BCUT2D eigenvalue weighted by Crippen LogP contribution is -2.29. The SMILES string of the molecule is CCOc1ccc2nc(N3C(=O)C(=O)C(=C(O)c4ccncc4)C3c3ccc(OCC)c(OCC)c3)sc2c1. The van der Waals surface area contributed by atoms with Crippen LogP contribution in [-0.4, -0.2) is 46.6 Å². The van der Waals surface area contributed by atoms with Gasteiger partial charge in [-0.1, -0.05) is 17.4 Å². The van der Waals surface area contributed by atoms with Crippen LogP contribution in [0.15, 0.2) is 66.5 Å². The van der Waals surface area contributed by atoms with Gasteiger partial charge in [0.15, 0.2) is 16.6 Å². The van der Waals surface area contributed by atoms with Gasteiger partial charge in [-0.2, -0.15) is 0 Å². The van der Waals surface area contributed by atoms with Crippen molar-refractivity contribution in [3.8, 4) is 17.2 Å². The number of aromatic nitrogens is 2. The average molecular weight is 546 g/mol. The molecule has 39 heavy (non-hydrogen) atoms. The van der Waals surface area contributed by atoms with Gasteiger partial charge in [0, 0.05) is 18.0 Å². The largest absolute Gasteiger partial charge is 0.507 e. The maximum atomic E-state index is 13.6. The molecule has 0 aliphatic carbocycles. The third-order valence-electron chi connectivity index (χ3n) is 6.15. The highest BCUT2D eigenvalue weighted by Crippen LogP contribution is 2.46. The van der Waals surface area contributed by atoms with Crippen LogP contribution in [0.5, 0.6) is 17.2 Å². The van der Waals surface area contributed by atoms with Gasteiger partial charge in [-0.15, -0.1) is 0 Å². The second kappa shape index (κ2) is 11.1. The van der Waals surface area contributed by atoms with Gasteiger partial charge >= 0.3 is 5.91 Å². The molecule has 1 aliphatic heterocycles. The first-order valence-electron chi connectivity index (χ1n) is 12.6. The average Bonchev–Trinajstić information content (AvgIpc) is 3.48. The van der Waals surface area contributed by atoms with Crippen LogP contribution in [-0.2, 0) is 9.59 Å². The molecule has 0 radical (unpaired) electrons. The van der Waals surface area contributed by atoms with E-state index in [-0.39, 0.29) is 11.3 Å². The van der Waals surface area contributed by atoms with Crippen molar-refractivity contribution < 1.29 is 28.9 Å². The predicted molar refractivity (Wildman–Crippen MR) is 149 cm³/mol. The van der Waals surface area contributed by atoms with Crippen LogP contribution in [0.1, 0.15) is 37.9 Å². The van der Waals surface area contributed by atoms with Gasteiger partial charge in [-0.25, -0.2) is 4.98 Å². The Bertz CT molecular complexity index is 1570. The van der Waals surface area contributed by atoms with Gasteiger partial charge in [0.2, 0.25) is 0 Å². The van der Waals surface area contributed by atoms with Crippen LogP contribution in [0.3, 0.4) is 0 Å². The van der Waals surface area contributed by atoms with E-state index in [2.05, 4.69) is 9.97 Å². The molecule has 1 fully saturated rings. The van der Waals surface area contributed by atoms with E-state index in [1.165, 1.54) is 28.6 Å². The molecule has 0 saturated carbocycles. The highest BCUT2D eigenvalue weighted by molar-refractivity contribution is 7.22. The number of thiazole rings is 1. The molecule has 4 aromatic rings. The highest BCUT2D eigenvalue weighted by atomic mass is 32.1. The second-order valence-corrected chi connectivity index (χ2v) is 9.55. The summed E-state index contributed by atoms with van der Waals surface area (Å²) in [5.41, 5.74) is 1.54. The van der Waals surface area contributed by atoms with E-state index in [1.807, 2.05) is 39.0 Å². The summed E-state index contributed by atoms with van der Waals surface area (Å²) in [6, 6.07) is 12.9. The fourth-order valence-corrected chi connectivity index (χ4v) is 5.52. The lowest BCUT2D eigenvalue weighted by molar-refractivity contribution is -0.132. The van der Waals surface area contributed by atoms with Crippen LogP contribution >= 0.6 is 11.3 Å². The fraction of sp³-hybridized carbons (Fsp3) is 0.241. The Balaban J connectivity index is 1.71. The van der Waals surface area contributed by atoms with Crippen molar-refractivity contribution in [3.63, 3.8) is 0 Å². The maximum absolute atomic E-state index is 13.6. The number of amides is 1. The Kier molecular flexibility index (Phi) is 7.47. The van der Waals surface area contributed by atoms with Crippen LogP contribution < -0.4 is 19.1 Å². The molecule has 9 nitrogen and oxygen atoms in total. The Labute approximate surface area is 229 Å². The summed E-state index contributed by atoms with van der Waals surface area (Å²) in [6.45, 7) is 6.97. The van der Waals surface area contributed by atoms with Gasteiger partial charge in [-0.05, 0) is 68.8 Å². The van der Waals surface area contributed by atoms with Crippen molar-refractivity contribution in [2.45, 2.75) is 26.8 Å². The molecule has 10 heteroatoms. The third kappa shape index (κ3) is 4.90. The first-order valence-corrected chi connectivity index (χ1v) is 13.4. The minimum atomic E-state index is -0.958. The minimum absolute atomic E-state index is 0.0490. The van der Waals surface area contributed by atoms with Crippen molar-refractivity contribution in [2.24, 2.45) is 0 Å². The molecule has 3 heterocycles. The summed E-state index contributed by atoms with van der Waals surface area (Å²) in [6.07, 6.45) is 3.02. The number of pyridine rings is 1. The predicted octanol–water partition coefficient (Wildman–Crippen LogP) is 5.51. The van der Waals surface area contributed by atoms with Crippen molar-refractivity contribution >= 4 is 44.1 Å². The summed E-state index contributed by atoms with van der Waals surface area (Å²) in [7, 11) is 0. The number of nitrogens with zero attached hydrogens (tertiary/aromatic N) is 3. The molecule has 1 atom stereocenters. The molecule has 200 valence electrons. The zero-order chi connectivity index (χ0) is 27.5. The normalized spacial score (nSPS) is 16.6. The summed E-state index contributed by atoms with van der Waals surface area (Å²) < 4.78 is 17.9. The van der Waals surface area contributed by atoms with E-state index < -0.39 is 17.7 Å². The molecule has 1 saturated heterocycles. The summed E-state index contributed by atoms with van der Waals surface area (Å²) >= 11 is 1.27. The summed E-state index contributed by atoms with van der Waals surface area (Å²) in [4.78, 5) is 37.1. The lowest BCUT2D eigenvalue weighted by atomic mass is 9.95. The molecule has 1 aliphatic rings. The van der Waals surface area contributed by atoms with E-state index in [9.17, 15) is 14.7 Å². The number of Topliss-reactive ketones (excluding diaryl/α,β-unsaturated/α-hetero) is 1. The number of carbonyl (C=O) groups is 2. The van der Waals surface area contributed by atoms with Crippen LogP contribution in [0.2, 0.25) is 0 Å². The number of benzene rings is 2. The monoisotopic (exact) mass is 545 g/mol. The molecular weight excluding hydrogens is 518 g/mol. The van der Waals surface area contributed by atoms with E-state index in [4.69, 9.17) is 14.2 Å². The third-order valence-corrected chi connectivity index (χ3v) is 7.16. The molecular formula is C29H27N3O6S. The maximum Gasteiger partial charge on any atom is 0.301 e. The number of hydrogen-bond acceptors (Lipinski definition) is 9. The Morgan fingerprint density at radius 3 is 2.36 bits per heavy atom. The van der Waals surface area contributed by atoms with Gasteiger partial charge in [0.1, 0.15) is 11.5 Å². The van der Waals surface area contributed by atoms with Gasteiger partial charge < -0.3 is 19.3 Å². The van der Waals surface area contributed by atoms with Crippen LogP contribution in [0, 0.1) is 0 Å². The smallest absolute Gasteiger partial charge is 0.301 e. The number of hydrogen-bond donors (Lipinski definition) is 1. The number of carbonyl (C=O) groups excluding carboxylic acids is 2. The van der Waals surface area contributed by atoms with E-state index in [0.717, 1.165) is 4.70 Å². The Morgan fingerprint density at radius 2 is 1.64 bits per heavy atom. The number of ether oxygens (including phenoxy) is 3. The molecule has 2 aromatic heterocycles. The molecule has 0 spiro atoms. The van der Waals surface area contributed by atoms with Gasteiger partial charge in [0.25, 0.3) is 5.78 Å². The van der Waals surface area contributed by atoms with Crippen molar-refractivity contribution in [1.82, 2.24) is 9.97 Å². The van der Waals surface area contributed by atoms with Crippen molar-refractivity contribution in [3.05, 3.63) is 77.6 Å². The quantitative estimate of drug-likeness (QED) is 0.166. The molecule has 0 bridgehead atoms. The minimum Gasteiger partial charge on any atom is -0.507 e. The lowest BCUT2D eigenvalue weighted by Gasteiger charge is -2.24. The number of anilines is 1. The Hall–Kier alpha value is -4.44. The second-order valence-electron chi connectivity index (χ2n) is 8.54. The fourth-order valence-electron chi connectivity index (χ4n) is 4.50. The zero-order valence-electron chi connectivity index (χ0n) is 21.7. The van der Waals surface area contributed by atoms with Gasteiger partial charge in [0.05, 0.1) is 41.7 Å². The number of fused-ring (bicyclic) bond motifs is 1. The highest BCUT2D eigenvalue weighted by Gasteiger charge is 2.48. The van der Waals surface area contributed by atoms with Crippen LogP contribution in [0.25, 0.3) is 16.0 Å². The van der Waals surface area contributed by atoms with E-state index in [0.29, 0.717) is 58.8 Å². The number of rotatable bonds is 9. The van der Waals surface area contributed by atoms with Crippen molar-refractivity contribution in [2.75, 3.05) is 24.7 Å². The van der Waals surface area contributed by atoms with Crippen LogP contribution in [0.4, 0.5) is 5.13 Å². The number of aliphatic hydroxyl groups is 1. The van der Waals surface area contributed by atoms with E-state index in [1.54, 1.807) is 30.3 Å². The Morgan fingerprint density at radius 1 is 0.923 bits per heavy atom. The molecule has 1 unspecified atom stereocenters. The zero-order valence-corrected chi connectivity index (χ0v) is 22.5. The first-order chi connectivity index (χ1) is 19.0. The molecule has 2 aromatic carbocycles. The number of aliphatic hydroxyl groups excluding tert-OH is 1. The summed E-state index contributed by atoms with van der Waals surface area (Å²) in [5.74, 6) is -0.198. The van der Waals surface area contributed by atoms with E-state index >= 15 is 0 Å². The molecule has 1 amide bonds. The first kappa shape index (κ1) is 26.2. The molecule has 5 rings (SSSR count). The summed E-state index contributed by atoms with van der Waals surface area (Å²) in [5, 5.41) is 11.6. The number of ketones is 1. The van der Waals surface area contributed by atoms with Gasteiger partial charge in [-0.3, -0.25) is 19.5 Å². The molecule has 1 N–H and O–H groups in total. The topological polar surface area (TPSA) is 111 Å². The van der Waals surface area contributed by atoms with Crippen molar-refractivity contribution in [1.29, 1.82) is 0 Å².